The fraction of sp³-hybridized carbons (Fsp3) is 0.235. The average Bonchev–Trinajstić information content (AvgIpc) is 2.55. The SMILES string of the molecule is COc1cccc(NC(=O)C[NH2+]C[C@@H](O)c2ccccc2)c1. The third kappa shape index (κ3) is 4.87. The van der Waals surface area contributed by atoms with Gasteiger partial charge in [0.05, 0.1) is 7.11 Å². The minimum Gasteiger partial charge on any atom is -0.497 e. The standard InChI is InChI=1S/C17H20N2O3/c1-22-15-9-5-8-14(10-15)19-17(21)12-18-11-16(20)13-6-3-2-4-7-13/h2-10,16,18,20H,11-12H2,1H3,(H,19,21)/p+1/t16-/m1/s1. The Hall–Kier alpha value is -2.37. The molecular weight excluding hydrogens is 280 g/mol. The number of nitrogens with one attached hydrogen (secondary N) is 1. The molecule has 0 heterocycles. The van der Waals surface area contributed by atoms with Gasteiger partial charge in [-0.2, -0.15) is 0 Å². The molecule has 4 N–H and O–H groups in total. The van der Waals surface area contributed by atoms with Crippen molar-refractivity contribution >= 4 is 11.6 Å². The highest BCUT2D eigenvalue weighted by Crippen LogP contribution is 2.16. The first kappa shape index (κ1) is 16.0. The maximum atomic E-state index is 11.9. The van der Waals surface area contributed by atoms with Gasteiger partial charge >= 0.3 is 0 Å². The summed E-state index contributed by atoms with van der Waals surface area (Å²) in [7, 11) is 1.58. The van der Waals surface area contributed by atoms with Gasteiger partial charge in [-0.1, -0.05) is 36.4 Å². The second kappa shape index (κ2) is 8.17. The number of carbonyl (C=O) groups is 1. The molecule has 0 bridgehead atoms. The zero-order chi connectivity index (χ0) is 15.8. The van der Waals surface area contributed by atoms with E-state index < -0.39 is 6.10 Å². The van der Waals surface area contributed by atoms with Crippen molar-refractivity contribution in [2.24, 2.45) is 0 Å². The quantitative estimate of drug-likeness (QED) is 0.712. The van der Waals surface area contributed by atoms with E-state index >= 15 is 0 Å². The Bertz CT molecular complexity index is 602. The van der Waals surface area contributed by atoms with Gasteiger partial charge in [-0.3, -0.25) is 4.79 Å². The molecule has 1 amide bonds. The Labute approximate surface area is 129 Å². The Morgan fingerprint density at radius 2 is 2.00 bits per heavy atom. The number of nitrogens with two attached hydrogens (primary N) is 1. The van der Waals surface area contributed by atoms with Crippen molar-refractivity contribution in [3.05, 3.63) is 60.2 Å². The summed E-state index contributed by atoms with van der Waals surface area (Å²) in [4.78, 5) is 11.9. The number of methoxy groups -OCH3 is 1. The molecule has 22 heavy (non-hydrogen) atoms. The molecule has 2 rings (SSSR count). The lowest BCUT2D eigenvalue weighted by Gasteiger charge is -2.10. The summed E-state index contributed by atoms with van der Waals surface area (Å²) < 4.78 is 5.11. The van der Waals surface area contributed by atoms with E-state index in [0.717, 1.165) is 5.56 Å². The molecule has 0 aliphatic heterocycles. The Kier molecular flexibility index (Phi) is 5.94. The summed E-state index contributed by atoms with van der Waals surface area (Å²) in [5.41, 5.74) is 1.55. The molecule has 2 aromatic rings. The van der Waals surface area contributed by atoms with E-state index in [9.17, 15) is 9.90 Å². The normalized spacial score (nSPS) is 11.7. The Morgan fingerprint density at radius 3 is 2.73 bits per heavy atom. The highest BCUT2D eigenvalue weighted by atomic mass is 16.5. The molecule has 5 nitrogen and oxygen atoms in total. The lowest BCUT2D eigenvalue weighted by Crippen LogP contribution is -2.87. The maximum absolute atomic E-state index is 11.9. The van der Waals surface area contributed by atoms with E-state index in [1.54, 1.807) is 24.6 Å². The van der Waals surface area contributed by atoms with Gasteiger partial charge in [0.1, 0.15) is 18.4 Å². The maximum Gasteiger partial charge on any atom is 0.279 e. The molecule has 0 saturated heterocycles. The second-order valence-corrected chi connectivity index (χ2v) is 4.94. The molecule has 0 aromatic heterocycles. The second-order valence-electron chi connectivity index (χ2n) is 4.94. The summed E-state index contributed by atoms with van der Waals surface area (Å²) in [5, 5.41) is 14.6. The van der Waals surface area contributed by atoms with Crippen molar-refractivity contribution in [3.63, 3.8) is 0 Å². The third-order valence-electron chi connectivity index (χ3n) is 3.26. The van der Waals surface area contributed by atoms with Crippen LogP contribution in [-0.4, -0.2) is 31.2 Å². The number of hydrogen-bond donors (Lipinski definition) is 3. The number of carbonyl (C=O) groups excluding carboxylic acids is 1. The number of hydrogen-bond acceptors (Lipinski definition) is 3. The summed E-state index contributed by atoms with van der Waals surface area (Å²) in [6, 6.07) is 16.6. The Morgan fingerprint density at radius 1 is 1.23 bits per heavy atom. The monoisotopic (exact) mass is 301 g/mol. The van der Waals surface area contributed by atoms with Gasteiger partial charge in [0.2, 0.25) is 0 Å². The molecule has 0 radical (unpaired) electrons. The van der Waals surface area contributed by atoms with Crippen LogP contribution in [0.25, 0.3) is 0 Å². The van der Waals surface area contributed by atoms with Crippen LogP contribution in [0.15, 0.2) is 54.6 Å². The van der Waals surface area contributed by atoms with Crippen LogP contribution in [0, 0.1) is 0 Å². The van der Waals surface area contributed by atoms with Crippen LogP contribution in [0.4, 0.5) is 5.69 Å². The number of quaternary nitrogens is 1. The largest absolute Gasteiger partial charge is 0.497 e. The van der Waals surface area contributed by atoms with Gasteiger partial charge in [0.25, 0.3) is 5.91 Å². The first-order valence-electron chi connectivity index (χ1n) is 7.17. The van der Waals surface area contributed by atoms with E-state index in [0.29, 0.717) is 18.0 Å². The smallest absolute Gasteiger partial charge is 0.279 e. The van der Waals surface area contributed by atoms with Crippen molar-refractivity contribution in [1.82, 2.24) is 0 Å². The van der Waals surface area contributed by atoms with E-state index in [2.05, 4.69) is 5.32 Å². The lowest BCUT2D eigenvalue weighted by molar-refractivity contribution is -0.651. The number of amides is 1. The van der Waals surface area contributed by atoms with E-state index in [1.807, 2.05) is 42.5 Å². The highest BCUT2D eigenvalue weighted by Gasteiger charge is 2.11. The minimum atomic E-state index is -0.578. The Balaban J connectivity index is 1.76. The number of rotatable bonds is 7. The van der Waals surface area contributed by atoms with Crippen LogP contribution in [0.5, 0.6) is 5.75 Å². The molecule has 0 saturated carbocycles. The topological polar surface area (TPSA) is 75.2 Å². The molecule has 116 valence electrons. The average molecular weight is 301 g/mol. The van der Waals surface area contributed by atoms with Crippen molar-refractivity contribution in [1.29, 1.82) is 0 Å². The van der Waals surface area contributed by atoms with Gasteiger partial charge < -0.3 is 20.5 Å². The zero-order valence-corrected chi connectivity index (χ0v) is 12.5. The van der Waals surface area contributed by atoms with Crippen molar-refractivity contribution in [2.45, 2.75) is 6.10 Å². The van der Waals surface area contributed by atoms with Crippen molar-refractivity contribution in [3.8, 4) is 5.75 Å². The summed E-state index contributed by atoms with van der Waals surface area (Å²) >= 11 is 0. The fourth-order valence-corrected chi connectivity index (χ4v) is 2.10. The first-order chi connectivity index (χ1) is 10.7. The summed E-state index contributed by atoms with van der Waals surface area (Å²) in [6.07, 6.45) is -0.578. The van der Waals surface area contributed by atoms with E-state index in [-0.39, 0.29) is 12.5 Å². The van der Waals surface area contributed by atoms with Gasteiger partial charge in [0, 0.05) is 11.8 Å². The molecule has 2 aromatic carbocycles. The molecule has 1 atom stereocenters. The zero-order valence-electron chi connectivity index (χ0n) is 12.5. The molecule has 5 heteroatoms. The first-order valence-corrected chi connectivity index (χ1v) is 7.17. The van der Waals surface area contributed by atoms with Gasteiger partial charge in [-0.25, -0.2) is 0 Å². The van der Waals surface area contributed by atoms with E-state index in [1.165, 1.54) is 0 Å². The molecular formula is C17H21N2O3+. The number of benzene rings is 2. The summed E-state index contributed by atoms with van der Waals surface area (Å²) in [6.45, 7) is 0.691. The van der Waals surface area contributed by atoms with Gasteiger partial charge in [-0.05, 0) is 17.7 Å². The number of ether oxygens (including phenoxy) is 1. The number of aliphatic hydroxyl groups excluding tert-OH is 1. The van der Waals surface area contributed by atoms with Crippen LogP contribution in [-0.2, 0) is 4.79 Å². The van der Waals surface area contributed by atoms with E-state index in [4.69, 9.17) is 4.74 Å². The van der Waals surface area contributed by atoms with Crippen LogP contribution in [0.1, 0.15) is 11.7 Å². The predicted molar refractivity (Wildman–Crippen MR) is 84.7 cm³/mol. The number of anilines is 1. The predicted octanol–water partition coefficient (Wildman–Crippen LogP) is 0.931. The minimum absolute atomic E-state index is 0.117. The van der Waals surface area contributed by atoms with Crippen molar-refractivity contribution in [2.75, 3.05) is 25.5 Å². The summed E-state index contributed by atoms with van der Waals surface area (Å²) in [5.74, 6) is 0.579. The number of aliphatic hydroxyl groups is 1. The molecule has 0 aliphatic rings. The molecule has 0 unspecified atom stereocenters. The molecule has 0 spiro atoms. The lowest BCUT2D eigenvalue weighted by atomic mass is 10.1. The van der Waals surface area contributed by atoms with Crippen LogP contribution < -0.4 is 15.4 Å². The highest BCUT2D eigenvalue weighted by molar-refractivity contribution is 5.91. The third-order valence-corrected chi connectivity index (χ3v) is 3.26. The van der Waals surface area contributed by atoms with Gasteiger partial charge in [0.15, 0.2) is 6.54 Å². The van der Waals surface area contributed by atoms with Crippen LogP contribution >= 0.6 is 0 Å². The van der Waals surface area contributed by atoms with Crippen molar-refractivity contribution < 1.29 is 20.0 Å². The fourth-order valence-electron chi connectivity index (χ4n) is 2.10. The molecule has 0 aliphatic carbocycles. The molecule has 0 fully saturated rings. The van der Waals surface area contributed by atoms with Crippen LogP contribution in [0.2, 0.25) is 0 Å². The van der Waals surface area contributed by atoms with Gasteiger partial charge in [-0.15, -0.1) is 0 Å². The van der Waals surface area contributed by atoms with Crippen LogP contribution in [0.3, 0.4) is 0 Å².